The Kier molecular flexibility index (Phi) is 3.07. The second kappa shape index (κ2) is 5.06. The molecule has 27 heavy (non-hydrogen) atoms. The largest absolute Gasteiger partial charge is 0.461 e. The monoisotopic (exact) mass is 369 g/mol. The first-order valence-electron chi connectivity index (χ1n) is 10.5. The van der Waals surface area contributed by atoms with E-state index in [0.717, 1.165) is 19.3 Å². The molecule has 5 bridgehead atoms. The number of anilines is 1. The lowest BCUT2D eigenvalue weighted by Gasteiger charge is -2.59. The molecule has 4 saturated heterocycles. The fourth-order valence-corrected chi connectivity index (χ4v) is 8.49. The van der Waals surface area contributed by atoms with Gasteiger partial charge >= 0.3 is 5.97 Å². The zero-order valence-corrected chi connectivity index (χ0v) is 16.3. The second-order valence-corrected chi connectivity index (χ2v) is 9.55. The molecule has 1 aromatic carbocycles. The minimum atomic E-state index is -0.272. The molecule has 5 nitrogen and oxygen atoms in total. The van der Waals surface area contributed by atoms with Crippen LogP contribution in [0.15, 0.2) is 24.3 Å². The Morgan fingerprint density at radius 3 is 2.89 bits per heavy atom. The highest BCUT2D eigenvalue weighted by Crippen LogP contribution is 2.64. The van der Waals surface area contributed by atoms with Crippen LogP contribution < -0.4 is 9.80 Å². The molecule has 1 aromatic rings. The molecule has 1 spiro atoms. The number of nitrogens with zero attached hydrogens (tertiary/aromatic N) is 1. The molecule has 1 aliphatic carbocycles. The predicted molar refractivity (Wildman–Crippen MR) is 100 cm³/mol. The number of quaternary nitrogens is 1. The zero-order chi connectivity index (χ0) is 18.7. The van der Waals surface area contributed by atoms with E-state index in [-0.39, 0.29) is 23.7 Å². The Hall–Kier alpha value is -1.59. The molecule has 7 rings (SSSR count). The number of ether oxygens (including phenoxy) is 1. The van der Waals surface area contributed by atoms with Crippen LogP contribution in [-0.2, 0) is 14.9 Å². The molecule has 144 valence electrons. The van der Waals surface area contributed by atoms with Crippen molar-refractivity contribution in [1.82, 2.24) is 0 Å². The molecule has 5 aliphatic heterocycles. The van der Waals surface area contributed by atoms with Crippen LogP contribution in [0.5, 0.6) is 0 Å². The Morgan fingerprint density at radius 2 is 2.15 bits per heavy atom. The van der Waals surface area contributed by atoms with Crippen molar-refractivity contribution in [3.05, 3.63) is 29.8 Å². The smallest absolute Gasteiger partial charge is 0.302 e. The molecule has 5 heterocycles. The molecule has 0 aromatic heterocycles. The number of rotatable bonds is 2. The van der Waals surface area contributed by atoms with Crippen LogP contribution in [0.25, 0.3) is 0 Å². The number of carbonyl (C=O) groups excluding carboxylic acids is 1. The fourth-order valence-electron chi connectivity index (χ4n) is 8.49. The van der Waals surface area contributed by atoms with Crippen molar-refractivity contribution in [1.29, 1.82) is 0 Å². The summed E-state index contributed by atoms with van der Waals surface area (Å²) in [5.41, 5.74) is 2.54. The lowest BCUT2D eigenvalue weighted by atomic mass is 9.62. The van der Waals surface area contributed by atoms with Crippen LogP contribution in [0.1, 0.15) is 38.7 Å². The lowest BCUT2D eigenvalue weighted by Crippen LogP contribution is -3.29. The van der Waals surface area contributed by atoms with Gasteiger partial charge in [0.05, 0.1) is 23.4 Å². The fraction of sp³-hybridized carbons (Fsp3) is 0.682. The van der Waals surface area contributed by atoms with Crippen molar-refractivity contribution in [2.24, 2.45) is 17.8 Å². The van der Waals surface area contributed by atoms with Gasteiger partial charge < -0.3 is 19.6 Å². The van der Waals surface area contributed by atoms with Crippen molar-refractivity contribution in [3.8, 4) is 0 Å². The highest BCUT2D eigenvalue weighted by molar-refractivity contribution is 5.70. The maximum absolute atomic E-state index is 12.2. The molecule has 0 radical (unpaired) electrons. The van der Waals surface area contributed by atoms with E-state index in [1.165, 1.54) is 16.2 Å². The van der Waals surface area contributed by atoms with Gasteiger partial charge in [-0.15, -0.1) is 0 Å². The van der Waals surface area contributed by atoms with Gasteiger partial charge in [0.2, 0.25) is 0 Å². The van der Waals surface area contributed by atoms with E-state index < -0.39 is 0 Å². The third-order valence-corrected chi connectivity index (χ3v) is 8.93. The molecule has 2 N–H and O–H groups in total. The molecule has 1 saturated carbocycles. The van der Waals surface area contributed by atoms with Gasteiger partial charge in [-0.25, -0.2) is 0 Å². The molecular formula is C22H29N2O3+. The maximum atomic E-state index is 12.2. The predicted octanol–water partition coefficient (Wildman–Crippen LogP) is 0.708. The first-order chi connectivity index (χ1) is 13.0. The lowest BCUT2D eigenvalue weighted by molar-refractivity contribution is -1.02. The Labute approximate surface area is 160 Å². The van der Waals surface area contributed by atoms with Gasteiger partial charge in [0.25, 0.3) is 0 Å². The molecule has 5 fully saturated rings. The van der Waals surface area contributed by atoms with Crippen molar-refractivity contribution < 1.29 is 19.5 Å². The Balaban J connectivity index is 1.60. The van der Waals surface area contributed by atoms with Crippen LogP contribution >= 0.6 is 0 Å². The van der Waals surface area contributed by atoms with Gasteiger partial charge in [0.15, 0.2) is 6.23 Å². The summed E-state index contributed by atoms with van der Waals surface area (Å²) in [5, 5.41) is 11.2. The Morgan fingerprint density at radius 1 is 1.37 bits per heavy atom. The standard InChI is InChI=1S/C22H28N2O3/c1-4-12-13-9-16-19-22(14-7-5-6-8-15(14)23(19)3)10-17(24(16)21(12)26)18(13)20(22)27-11(2)25/h5-8,12-13,16-21,26H,4,9-10H2,1-3H3/p+1/t12-,13-,16-,17-,18?,19-,20+,21+,22+/m0/s1. The summed E-state index contributed by atoms with van der Waals surface area (Å²) >= 11 is 0. The van der Waals surface area contributed by atoms with Crippen molar-refractivity contribution in [2.75, 3.05) is 11.9 Å². The van der Waals surface area contributed by atoms with Crippen LogP contribution in [0.2, 0.25) is 0 Å². The third kappa shape index (κ3) is 1.64. The first kappa shape index (κ1) is 16.4. The number of hydrogen-bond acceptors (Lipinski definition) is 4. The van der Waals surface area contributed by atoms with Gasteiger partial charge in [-0.3, -0.25) is 4.79 Å². The normalized spacial score (nSPS) is 50.7. The highest BCUT2D eigenvalue weighted by atomic mass is 16.5. The third-order valence-electron chi connectivity index (χ3n) is 8.93. The molecule has 2 unspecified atom stereocenters. The number of aliphatic hydroxyl groups is 1. The van der Waals surface area contributed by atoms with E-state index in [2.05, 4.69) is 43.1 Å². The number of fused-ring (bicyclic) bond motifs is 2. The van der Waals surface area contributed by atoms with Crippen molar-refractivity contribution >= 4 is 11.7 Å². The van der Waals surface area contributed by atoms with Gasteiger partial charge in [-0.2, -0.15) is 0 Å². The molecule has 6 aliphatic rings. The summed E-state index contributed by atoms with van der Waals surface area (Å²) < 4.78 is 6.19. The van der Waals surface area contributed by atoms with E-state index in [1.807, 2.05) is 0 Å². The number of carbonyl (C=O) groups is 1. The SMILES string of the molecule is CC[C@H]1[C@@H]2C[C@H]3[C@@H]4N(C)c5ccccc5[C@]45C[C@@H](C2[C@H]5OC(C)=O)[NH+]3[C@@H]1O. The van der Waals surface area contributed by atoms with Crippen LogP contribution in [-0.4, -0.2) is 48.6 Å². The van der Waals surface area contributed by atoms with Gasteiger partial charge in [-0.05, 0) is 24.0 Å². The number of likely N-dealkylation sites (N-methyl/N-ethyl adjacent to an activating group) is 1. The summed E-state index contributed by atoms with van der Waals surface area (Å²) in [4.78, 5) is 16.0. The average Bonchev–Trinajstić information content (AvgIpc) is 3.04. The summed E-state index contributed by atoms with van der Waals surface area (Å²) in [7, 11) is 2.20. The highest BCUT2D eigenvalue weighted by Gasteiger charge is 2.80. The van der Waals surface area contributed by atoms with Gasteiger partial charge in [0.1, 0.15) is 12.1 Å². The molecule has 5 heteroatoms. The number of benzene rings is 1. The maximum Gasteiger partial charge on any atom is 0.302 e. The number of piperidine rings is 4. The second-order valence-electron chi connectivity index (χ2n) is 9.55. The molecule has 0 amide bonds. The van der Waals surface area contributed by atoms with E-state index in [9.17, 15) is 9.90 Å². The quantitative estimate of drug-likeness (QED) is 0.754. The summed E-state index contributed by atoms with van der Waals surface area (Å²) in [6.45, 7) is 3.76. The minimum absolute atomic E-state index is 0.0647. The average molecular weight is 369 g/mol. The first-order valence-corrected chi connectivity index (χ1v) is 10.5. The number of esters is 1. The topological polar surface area (TPSA) is 54.2 Å². The Bertz CT molecular complexity index is 828. The molecular weight excluding hydrogens is 340 g/mol. The number of nitrogens with one attached hydrogen (secondary N) is 1. The van der Waals surface area contributed by atoms with E-state index in [1.54, 1.807) is 6.92 Å². The van der Waals surface area contributed by atoms with E-state index in [0.29, 0.717) is 35.9 Å². The van der Waals surface area contributed by atoms with E-state index in [4.69, 9.17) is 4.74 Å². The van der Waals surface area contributed by atoms with Crippen LogP contribution in [0.4, 0.5) is 5.69 Å². The number of aliphatic hydroxyl groups excluding tert-OH is 1. The number of hydrogen-bond donors (Lipinski definition) is 2. The van der Waals surface area contributed by atoms with Gasteiger partial charge in [-0.1, -0.05) is 25.1 Å². The summed E-state index contributed by atoms with van der Waals surface area (Å²) in [6.07, 6.45) is 2.84. The molecule has 10 atom stereocenters. The summed E-state index contributed by atoms with van der Waals surface area (Å²) in [5.74, 6) is 1.00. The van der Waals surface area contributed by atoms with Crippen molar-refractivity contribution in [3.63, 3.8) is 0 Å². The van der Waals surface area contributed by atoms with Crippen molar-refractivity contribution in [2.45, 2.75) is 69.0 Å². The number of para-hydroxylation sites is 1. The van der Waals surface area contributed by atoms with E-state index >= 15 is 0 Å². The van der Waals surface area contributed by atoms with Gasteiger partial charge in [0, 0.05) is 38.4 Å². The van der Waals surface area contributed by atoms with Crippen LogP contribution in [0.3, 0.4) is 0 Å². The van der Waals surface area contributed by atoms with Crippen LogP contribution in [0, 0.1) is 17.8 Å². The zero-order valence-electron chi connectivity index (χ0n) is 16.3. The summed E-state index contributed by atoms with van der Waals surface area (Å²) in [6, 6.07) is 9.83. The minimum Gasteiger partial charge on any atom is -0.461 e.